The van der Waals surface area contributed by atoms with Gasteiger partial charge in [0.25, 0.3) is 0 Å². The van der Waals surface area contributed by atoms with Gasteiger partial charge in [0.2, 0.25) is 0 Å². The standard InChI is InChI=1S/C20H32N4O3/c1-5-21-18(22-11-8-12-23-19(25)27-20(2,3)4)24-14-16-13-15-9-6-7-10-17(15)26-16/h6-7,9-10,16H,5,8,11-14H2,1-4H3,(H,23,25)(H2,21,22,24). The minimum atomic E-state index is -0.477. The van der Waals surface area contributed by atoms with Gasteiger partial charge in [-0.3, -0.25) is 0 Å². The molecule has 27 heavy (non-hydrogen) atoms. The van der Waals surface area contributed by atoms with Crippen molar-refractivity contribution in [2.75, 3.05) is 26.2 Å². The molecule has 7 nitrogen and oxygen atoms in total. The minimum Gasteiger partial charge on any atom is -0.488 e. The van der Waals surface area contributed by atoms with Crippen molar-refractivity contribution >= 4 is 12.1 Å². The lowest BCUT2D eigenvalue weighted by Gasteiger charge is -2.19. The van der Waals surface area contributed by atoms with Crippen LogP contribution < -0.4 is 20.7 Å². The molecule has 1 aromatic rings. The Labute approximate surface area is 161 Å². The summed E-state index contributed by atoms with van der Waals surface area (Å²) in [7, 11) is 0. The average Bonchev–Trinajstić information content (AvgIpc) is 3.00. The summed E-state index contributed by atoms with van der Waals surface area (Å²) in [4.78, 5) is 16.2. The predicted molar refractivity (Wildman–Crippen MR) is 107 cm³/mol. The van der Waals surface area contributed by atoms with E-state index >= 15 is 0 Å². The number of rotatable bonds is 7. The van der Waals surface area contributed by atoms with E-state index < -0.39 is 5.60 Å². The Hall–Kier alpha value is -2.44. The van der Waals surface area contributed by atoms with Crippen molar-refractivity contribution in [1.29, 1.82) is 0 Å². The van der Waals surface area contributed by atoms with Gasteiger partial charge in [-0.1, -0.05) is 18.2 Å². The lowest BCUT2D eigenvalue weighted by atomic mass is 10.1. The SMILES string of the molecule is CCNC(=NCC1Cc2ccccc2O1)NCCCNC(=O)OC(C)(C)C. The number of alkyl carbamates (subject to hydrolysis) is 1. The number of nitrogens with one attached hydrogen (secondary N) is 3. The van der Waals surface area contributed by atoms with Gasteiger partial charge in [0.05, 0.1) is 6.54 Å². The number of benzene rings is 1. The number of para-hydroxylation sites is 1. The number of carbonyl (C=O) groups is 1. The van der Waals surface area contributed by atoms with Crippen molar-refractivity contribution in [2.45, 2.75) is 52.2 Å². The number of nitrogens with zero attached hydrogens (tertiary/aromatic N) is 1. The molecule has 1 amide bonds. The van der Waals surface area contributed by atoms with E-state index in [1.54, 1.807) is 0 Å². The fourth-order valence-corrected chi connectivity index (χ4v) is 2.69. The van der Waals surface area contributed by atoms with Crippen molar-refractivity contribution in [2.24, 2.45) is 4.99 Å². The van der Waals surface area contributed by atoms with E-state index in [9.17, 15) is 4.79 Å². The minimum absolute atomic E-state index is 0.0756. The number of hydrogen-bond acceptors (Lipinski definition) is 4. The summed E-state index contributed by atoms with van der Waals surface area (Å²) in [5, 5.41) is 9.26. The van der Waals surface area contributed by atoms with Crippen LogP contribution in [0.5, 0.6) is 5.75 Å². The Morgan fingerprint density at radius 3 is 2.67 bits per heavy atom. The summed E-state index contributed by atoms with van der Waals surface area (Å²) in [6, 6.07) is 8.12. The highest BCUT2D eigenvalue weighted by Crippen LogP contribution is 2.28. The van der Waals surface area contributed by atoms with E-state index in [0.29, 0.717) is 19.6 Å². The number of ether oxygens (including phenoxy) is 2. The van der Waals surface area contributed by atoms with Crippen molar-refractivity contribution in [3.63, 3.8) is 0 Å². The van der Waals surface area contributed by atoms with Gasteiger partial charge in [-0.25, -0.2) is 9.79 Å². The predicted octanol–water partition coefficient (Wildman–Crippen LogP) is 2.46. The van der Waals surface area contributed by atoms with Gasteiger partial charge in [-0.15, -0.1) is 0 Å². The van der Waals surface area contributed by atoms with Crippen molar-refractivity contribution < 1.29 is 14.3 Å². The molecule has 2 rings (SSSR count). The molecule has 0 bridgehead atoms. The molecule has 7 heteroatoms. The molecule has 1 heterocycles. The highest BCUT2D eigenvalue weighted by Gasteiger charge is 2.21. The van der Waals surface area contributed by atoms with E-state index in [2.05, 4.69) is 27.0 Å². The van der Waals surface area contributed by atoms with Gasteiger partial charge in [0.1, 0.15) is 17.5 Å². The number of aliphatic imine (C=N–C) groups is 1. The Kier molecular flexibility index (Phi) is 7.76. The summed E-state index contributed by atoms with van der Waals surface area (Å²) in [6.45, 7) is 10.2. The summed E-state index contributed by atoms with van der Waals surface area (Å²) >= 11 is 0. The van der Waals surface area contributed by atoms with Crippen LogP contribution in [0.1, 0.15) is 39.7 Å². The molecule has 0 fully saturated rings. The molecule has 1 aliphatic heterocycles. The van der Waals surface area contributed by atoms with Crippen LogP contribution in [0.3, 0.4) is 0 Å². The Morgan fingerprint density at radius 2 is 1.96 bits per heavy atom. The molecule has 150 valence electrons. The monoisotopic (exact) mass is 376 g/mol. The third-order valence-corrected chi connectivity index (χ3v) is 3.83. The molecule has 1 atom stereocenters. The lowest BCUT2D eigenvalue weighted by Crippen LogP contribution is -2.40. The van der Waals surface area contributed by atoms with Gasteiger partial charge in [-0.05, 0) is 45.7 Å². The fourth-order valence-electron chi connectivity index (χ4n) is 2.69. The Morgan fingerprint density at radius 1 is 1.22 bits per heavy atom. The van der Waals surface area contributed by atoms with E-state index in [4.69, 9.17) is 9.47 Å². The lowest BCUT2D eigenvalue weighted by molar-refractivity contribution is 0.0527. The second-order valence-corrected chi connectivity index (χ2v) is 7.48. The highest BCUT2D eigenvalue weighted by atomic mass is 16.6. The van der Waals surface area contributed by atoms with Crippen LogP contribution in [0.2, 0.25) is 0 Å². The van der Waals surface area contributed by atoms with E-state index in [-0.39, 0.29) is 12.2 Å². The first kappa shape index (κ1) is 20.9. The summed E-state index contributed by atoms with van der Waals surface area (Å²) in [5.41, 5.74) is 0.763. The second-order valence-electron chi connectivity index (χ2n) is 7.48. The maximum Gasteiger partial charge on any atom is 0.407 e. The summed E-state index contributed by atoms with van der Waals surface area (Å²) in [6.07, 6.45) is 1.35. The zero-order chi connectivity index (χ0) is 19.7. The normalized spacial score (nSPS) is 16.3. The number of hydrogen-bond donors (Lipinski definition) is 3. The van der Waals surface area contributed by atoms with Crippen molar-refractivity contribution in [1.82, 2.24) is 16.0 Å². The molecule has 3 N–H and O–H groups in total. The number of carbonyl (C=O) groups excluding carboxylic acids is 1. The molecule has 0 aromatic heterocycles. The molecule has 1 aromatic carbocycles. The number of guanidine groups is 1. The zero-order valence-electron chi connectivity index (χ0n) is 16.8. The van der Waals surface area contributed by atoms with Gasteiger partial charge in [0.15, 0.2) is 5.96 Å². The van der Waals surface area contributed by atoms with E-state index in [1.165, 1.54) is 5.56 Å². The second kappa shape index (κ2) is 10.0. The van der Waals surface area contributed by atoms with Gasteiger partial charge in [-0.2, -0.15) is 0 Å². The van der Waals surface area contributed by atoms with Crippen LogP contribution in [0.15, 0.2) is 29.3 Å². The van der Waals surface area contributed by atoms with Crippen LogP contribution in [0, 0.1) is 0 Å². The molecule has 0 saturated carbocycles. The summed E-state index contributed by atoms with van der Waals surface area (Å²) < 4.78 is 11.1. The molecule has 0 saturated heterocycles. The molecule has 0 spiro atoms. The summed E-state index contributed by atoms with van der Waals surface area (Å²) in [5.74, 6) is 1.72. The number of fused-ring (bicyclic) bond motifs is 1. The molecular weight excluding hydrogens is 344 g/mol. The van der Waals surface area contributed by atoms with Gasteiger partial charge >= 0.3 is 6.09 Å². The maximum absolute atomic E-state index is 11.6. The zero-order valence-corrected chi connectivity index (χ0v) is 16.8. The van der Waals surface area contributed by atoms with Crippen LogP contribution >= 0.6 is 0 Å². The van der Waals surface area contributed by atoms with Crippen LogP contribution in [-0.4, -0.2) is 49.9 Å². The fraction of sp³-hybridized carbons (Fsp3) is 0.600. The number of amides is 1. The Balaban J connectivity index is 1.68. The molecule has 0 radical (unpaired) electrons. The van der Waals surface area contributed by atoms with Crippen LogP contribution in [0.4, 0.5) is 4.79 Å². The van der Waals surface area contributed by atoms with Gasteiger partial charge in [0, 0.05) is 26.1 Å². The third kappa shape index (κ3) is 7.76. The largest absolute Gasteiger partial charge is 0.488 e. The molecule has 1 aliphatic rings. The molecule has 0 aliphatic carbocycles. The first-order valence-corrected chi connectivity index (χ1v) is 9.61. The topological polar surface area (TPSA) is 84.0 Å². The smallest absolute Gasteiger partial charge is 0.407 e. The van der Waals surface area contributed by atoms with Crippen LogP contribution in [0.25, 0.3) is 0 Å². The maximum atomic E-state index is 11.6. The van der Waals surface area contributed by atoms with Crippen LogP contribution in [-0.2, 0) is 11.2 Å². The average molecular weight is 377 g/mol. The van der Waals surface area contributed by atoms with Crippen molar-refractivity contribution in [3.8, 4) is 5.75 Å². The molecule has 1 unspecified atom stereocenters. The third-order valence-electron chi connectivity index (χ3n) is 3.83. The first-order valence-electron chi connectivity index (χ1n) is 9.61. The highest BCUT2D eigenvalue weighted by molar-refractivity contribution is 5.79. The Bertz CT molecular complexity index is 615. The van der Waals surface area contributed by atoms with E-state index in [0.717, 1.165) is 31.1 Å². The van der Waals surface area contributed by atoms with Crippen molar-refractivity contribution in [3.05, 3.63) is 29.8 Å². The quantitative estimate of drug-likeness (QED) is 0.387. The first-order chi connectivity index (χ1) is 12.9. The molecular formula is C20H32N4O3. The van der Waals surface area contributed by atoms with Gasteiger partial charge < -0.3 is 25.4 Å². The van der Waals surface area contributed by atoms with E-state index in [1.807, 2.05) is 45.9 Å².